The molecule has 1 rings (SSSR count). The number of benzene rings is 1. The number of nitrogens with one attached hydrogen (secondary N) is 2. The molecule has 0 aromatic heterocycles. The molecule has 0 aliphatic heterocycles. The van der Waals surface area contributed by atoms with E-state index in [9.17, 15) is 18.8 Å². The van der Waals surface area contributed by atoms with E-state index in [1.807, 2.05) is 0 Å². The molecule has 0 saturated heterocycles. The van der Waals surface area contributed by atoms with Crippen molar-refractivity contribution in [1.82, 2.24) is 5.32 Å². The molecule has 0 heterocycles. The number of carbonyl (C=O) groups excluding carboxylic acids is 2. The average Bonchev–Trinajstić information content (AvgIpc) is 2.28. The SMILES string of the molecule is CC(=O)Nc1ccc(C(=O)NCC(=O)O)cc1[18F]. The summed E-state index contributed by atoms with van der Waals surface area (Å²) < 4.78 is 13.5. The van der Waals surface area contributed by atoms with Gasteiger partial charge < -0.3 is 15.7 Å². The lowest BCUT2D eigenvalue weighted by atomic mass is 10.2. The van der Waals surface area contributed by atoms with Crippen LogP contribution in [-0.2, 0) is 9.59 Å². The van der Waals surface area contributed by atoms with Crippen molar-refractivity contribution in [2.75, 3.05) is 11.9 Å². The van der Waals surface area contributed by atoms with Crippen LogP contribution in [0.4, 0.5) is 10.1 Å². The molecule has 7 heteroatoms. The van der Waals surface area contributed by atoms with E-state index in [1.165, 1.54) is 19.1 Å². The van der Waals surface area contributed by atoms with Gasteiger partial charge in [0, 0.05) is 12.5 Å². The lowest BCUT2D eigenvalue weighted by Crippen LogP contribution is -2.29. The van der Waals surface area contributed by atoms with Crippen LogP contribution in [0.15, 0.2) is 18.2 Å². The van der Waals surface area contributed by atoms with E-state index in [0.717, 1.165) is 6.07 Å². The van der Waals surface area contributed by atoms with E-state index in [-0.39, 0.29) is 11.3 Å². The number of hydrogen-bond acceptors (Lipinski definition) is 3. The molecule has 3 N–H and O–H groups in total. The fraction of sp³-hybridized carbons (Fsp3) is 0.182. The first-order chi connectivity index (χ1) is 8.40. The van der Waals surface area contributed by atoms with Crippen LogP contribution in [0, 0.1) is 5.82 Å². The smallest absolute Gasteiger partial charge is 0.322 e. The van der Waals surface area contributed by atoms with Crippen LogP contribution in [0.1, 0.15) is 17.3 Å². The van der Waals surface area contributed by atoms with Crippen molar-refractivity contribution < 1.29 is 23.9 Å². The molecule has 0 fully saturated rings. The lowest BCUT2D eigenvalue weighted by Gasteiger charge is -2.06. The highest BCUT2D eigenvalue weighted by Crippen LogP contribution is 2.15. The Kier molecular flexibility index (Phi) is 4.36. The summed E-state index contributed by atoms with van der Waals surface area (Å²) in [7, 11) is 0. The topological polar surface area (TPSA) is 95.5 Å². The van der Waals surface area contributed by atoms with Crippen molar-refractivity contribution in [3.63, 3.8) is 0 Å². The van der Waals surface area contributed by atoms with E-state index in [2.05, 4.69) is 10.6 Å². The predicted molar refractivity (Wildman–Crippen MR) is 60.7 cm³/mol. The highest BCUT2D eigenvalue weighted by molar-refractivity contribution is 5.96. The molecule has 6 nitrogen and oxygen atoms in total. The summed E-state index contributed by atoms with van der Waals surface area (Å²) in [6.07, 6.45) is 0. The van der Waals surface area contributed by atoms with E-state index < -0.39 is 30.1 Å². The second-order valence-electron chi connectivity index (χ2n) is 3.45. The van der Waals surface area contributed by atoms with Crippen molar-refractivity contribution in [3.8, 4) is 0 Å². The molecule has 0 spiro atoms. The average molecular weight is 253 g/mol. The molecule has 0 unspecified atom stereocenters. The molecule has 0 atom stereocenters. The number of carboxylic acids is 1. The molecule has 1 aromatic rings. The minimum Gasteiger partial charge on any atom is -0.480 e. The van der Waals surface area contributed by atoms with E-state index in [1.54, 1.807) is 0 Å². The van der Waals surface area contributed by atoms with Crippen LogP contribution >= 0.6 is 0 Å². The van der Waals surface area contributed by atoms with Gasteiger partial charge in [0.15, 0.2) is 0 Å². The van der Waals surface area contributed by atoms with Gasteiger partial charge in [-0.25, -0.2) is 4.39 Å². The lowest BCUT2D eigenvalue weighted by molar-refractivity contribution is -0.135. The molecule has 2 amide bonds. The molecule has 96 valence electrons. The molecule has 18 heavy (non-hydrogen) atoms. The number of amides is 2. The summed E-state index contributed by atoms with van der Waals surface area (Å²) in [5.41, 5.74) is -0.0693. The molecule has 0 radical (unpaired) electrons. The van der Waals surface area contributed by atoms with Gasteiger partial charge in [-0.2, -0.15) is 0 Å². The summed E-state index contributed by atoms with van der Waals surface area (Å²) in [5, 5.41) is 12.7. The number of halogens is 1. The van der Waals surface area contributed by atoms with Gasteiger partial charge in [0.25, 0.3) is 5.91 Å². The van der Waals surface area contributed by atoms with Crippen LogP contribution in [0.2, 0.25) is 0 Å². The van der Waals surface area contributed by atoms with Gasteiger partial charge in [-0.1, -0.05) is 0 Å². The minimum atomic E-state index is -1.20. The van der Waals surface area contributed by atoms with Crippen molar-refractivity contribution in [3.05, 3.63) is 29.6 Å². The fourth-order valence-corrected chi connectivity index (χ4v) is 1.21. The van der Waals surface area contributed by atoms with Crippen molar-refractivity contribution in [2.45, 2.75) is 6.92 Å². The first kappa shape index (κ1) is 13.6. The Morgan fingerprint density at radius 1 is 1.33 bits per heavy atom. The van der Waals surface area contributed by atoms with E-state index in [0.29, 0.717) is 0 Å². The van der Waals surface area contributed by atoms with E-state index >= 15 is 0 Å². The Bertz CT molecular complexity index is 502. The van der Waals surface area contributed by atoms with Gasteiger partial charge in [0.2, 0.25) is 5.91 Å². The molecule has 0 bridgehead atoms. The monoisotopic (exact) mass is 253 g/mol. The largest absolute Gasteiger partial charge is 0.480 e. The van der Waals surface area contributed by atoms with Crippen LogP contribution in [0.5, 0.6) is 0 Å². The van der Waals surface area contributed by atoms with Gasteiger partial charge in [0.1, 0.15) is 12.4 Å². The zero-order chi connectivity index (χ0) is 13.7. The summed E-state index contributed by atoms with van der Waals surface area (Å²) >= 11 is 0. The maximum atomic E-state index is 13.5. The van der Waals surface area contributed by atoms with Crippen molar-refractivity contribution >= 4 is 23.5 Å². The summed E-state index contributed by atoms with van der Waals surface area (Å²) in [5.74, 6) is -3.10. The standard InChI is InChI=1S/C11H11FN2O4/c1-6(15)14-9-3-2-7(4-8(9)12)11(18)13-5-10(16)17/h2-4H,5H2,1H3,(H,13,18)(H,14,15)(H,16,17)/i12-1. The summed E-state index contributed by atoms with van der Waals surface area (Å²) in [4.78, 5) is 32.4. The Labute approximate surface area is 102 Å². The van der Waals surface area contributed by atoms with Gasteiger partial charge >= 0.3 is 5.97 Å². The number of carboxylic acid groups (broad SMARTS) is 1. The van der Waals surface area contributed by atoms with Crippen molar-refractivity contribution in [1.29, 1.82) is 0 Å². The van der Waals surface area contributed by atoms with Gasteiger partial charge in [-0.3, -0.25) is 14.4 Å². The molecule has 0 saturated carbocycles. The van der Waals surface area contributed by atoms with Gasteiger partial charge in [0.05, 0.1) is 5.69 Å². The zero-order valence-corrected chi connectivity index (χ0v) is 9.49. The second kappa shape index (κ2) is 5.76. The third-order valence-electron chi connectivity index (χ3n) is 1.94. The Morgan fingerprint density at radius 2 is 2.00 bits per heavy atom. The maximum Gasteiger partial charge on any atom is 0.322 e. The van der Waals surface area contributed by atoms with Crippen LogP contribution in [0.25, 0.3) is 0 Å². The number of hydrogen-bond donors (Lipinski definition) is 3. The Hall–Kier alpha value is -2.44. The van der Waals surface area contributed by atoms with Gasteiger partial charge in [-0.05, 0) is 18.2 Å². The normalized spacial score (nSPS) is 9.67. The highest BCUT2D eigenvalue weighted by atomic mass is 18.2. The Balaban J connectivity index is 2.80. The van der Waals surface area contributed by atoms with Gasteiger partial charge in [-0.15, -0.1) is 0 Å². The third-order valence-corrected chi connectivity index (χ3v) is 1.94. The summed E-state index contributed by atoms with van der Waals surface area (Å²) in [6, 6.07) is 3.43. The second-order valence-corrected chi connectivity index (χ2v) is 3.45. The first-order valence-electron chi connectivity index (χ1n) is 4.97. The quantitative estimate of drug-likeness (QED) is 0.732. The fourth-order valence-electron chi connectivity index (χ4n) is 1.21. The first-order valence-corrected chi connectivity index (χ1v) is 4.97. The number of rotatable bonds is 4. The highest BCUT2D eigenvalue weighted by Gasteiger charge is 2.11. The number of anilines is 1. The Morgan fingerprint density at radius 3 is 2.50 bits per heavy atom. The summed E-state index contributed by atoms with van der Waals surface area (Å²) in [6.45, 7) is 0.681. The van der Waals surface area contributed by atoms with Crippen LogP contribution in [-0.4, -0.2) is 29.4 Å². The molecular formula is C11H11FN2O4. The molecular weight excluding hydrogens is 242 g/mol. The minimum absolute atomic E-state index is 0.0251. The zero-order valence-electron chi connectivity index (χ0n) is 9.49. The molecule has 0 aliphatic rings. The maximum absolute atomic E-state index is 13.5. The molecule has 1 aromatic carbocycles. The van der Waals surface area contributed by atoms with Crippen molar-refractivity contribution in [2.24, 2.45) is 0 Å². The third kappa shape index (κ3) is 3.85. The molecule has 0 aliphatic carbocycles. The number of carbonyl (C=O) groups is 3. The predicted octanol–water partition coefficient (Wildman–Crippen LogP) is 0.598. The van der Waals surface area contributed by atoms with E-state index in [4.69, 9.17) is 5.11 Å². The van der Waals surface area contributed by atoms with Crippen LogP contribution < -0.4 is 10.6 Å². The number of aliphatic carboxylic acids is 1. The van der Waals surface area contributed by atoms with Crippen LogP contribution in [0.3, 0.4) is 0 Å².